The van der Waals surface area contributed by atoms with Crippen molar-refractivity contribution in [1.82, 2.24) is 4.90 Å². The molecule has 0 aromatic carbocycles. The molecule has 17 heavy (non-hydrogen) atoms. The number of nitrogens with two attached hydrogens (primary N) is 1. The van der Waals surface area contributed by atoms with Gasteiger partial charge >= 0.3 is 0 Å². The van der Waals surface area contributed by atoms with Gasteiger partial charge in [-0.1, -0.05) is 46.0 Å². The maximum Gasteiger partial charge on any atom is 0.00740 e. The van der Waals surface area contributed by atoms with Crippen molar-refractivity contribution in [3.05, 3.63) is 0 Å². The van der Waals surface area contributed by atoms with E-state index < -0.39 is 0 Å². The van der Waals surface area contributed by atoms with Gasteiger partial charge in [-0.3, -0.25) is 0 Å². The molecule has 0 heterocycles. The molecular weight excluding hydrogens is 208 g/mol. The largest absolute Gasteiger partial charge is 0.327 e. The molecule has 0 aromatic heterocycles. The molecule has 102 valence electrons. The highest BCUT2D eigenvalue weighted by Crippen LogP contribution is 2.26. The molecule has 1 aliphatic rings. The summed E-state index contributed by atoms with van der Waals surface area (Å²) < 4.78 is 0. The quantitative estimate of drug-likeness (QED) is 0.740. The zero-order valence-corrected chi connectivity index (χ0v) is 12.1. The molecule has 2 heteroatoms. The number of hydrogen-bond acceptors (Lipinski definition) is 2. The summed E-state index contributed by atoms with van der Waals surface area (Å²) >= 11 is 0. The molecule has 0 amide bonds. The first-order valence-corrected chi connectivity index (χ1v) is 7.53. The molecule has 0 aromatic rings. The normalized spacial score (nSPS) is 20.1. The van der Waals surface area contributed by atoms with Crippen LogP contribution >= 0.6 is 0 Å². The fourth-order valence-corrected chi connectivity index (χ4v) is 2.69. The Bertz CT molecular complexity index is 185. The monoisotopic (exact) mass is 240 g/mol. The lowest BCUT2D eigenvalue weighted by Gasteiger charge is -2.25. The van der Waals surface area contributed by atoms with Crippen LogP contribution in [0.3, 0.4) is 0 Å². The molecule has 0 aliphatic heterocycles. The van der Waals surface area contributed by atoms with Gasteiger partial charge in [-0.25, -0.2) is 0 Å². The van der Waals surface area contributed by atoms with Crippen LogP contribution in [0.4, 0.5) is 0 Å². The maximum absolute atomic E-state index is 6.08. The van der Waals surface area contributed by atoms with E-state index in [0.29, 0.717) is 12.0 Å². The van der Waals surface area contributed by atoms with Crippen LogP contribution in [0.15, 0.2) is 0 Å². The van der Waals surface area contributed by atoms with Crippen LogP contribution in [0.2, 0.25) is 0 Å². The van der Waals surface area contributed by atoms with Crippen LogP contribution in [-0.2, 0) is 0 Å². The van der Waals surface area contributed by atoms with E-state index in [1.54, 1.807) is 0 Å². The third-order valence-electron chi connectivity index (χ3n) is 4.34. The Labute approximate surface area is 108 Å². The first-order valence-electron chi connectivity index (χ1n) is 7.53. The SMILES string of the molecule is CC(C)C(N)CCN(C)CCC1CCCCC1. The van der Waals surface area contributed by atoms with Gasteiger partial charge in [0.2, 0.25) is 0 Å². The minimum absolute atomic E-state index is 0.368. The highest BCUT2D eigenvalue weighted by molar-refractivity contribution is 4.70. The summed E-state index contributed by atoms with van der Waals surface area (Å²) in [5.74, 6) is 1.62. The molecule has 1 rings (SSSR count). The third kappa shape index (κ3) is 6.42. The fourth-order valence-electron chi connectivity index (χ4n) is 2.69. The Hall–Kier alpha value is -0.0800. The van der Waals surface area contributed by atoms with E-state index in [9.17, 15) is 0 Å². The maximum atomic E-state index is 6.08. The Kier molecular flexibility index (Phi) is 7.14. The summed E-state index contributed by atoms with van der Waals surface area (Å²) in [4.78, 5) is 2.47. The van der Waals surface area contributed by atoms with E-state index in [1.807, 2.05) is 0 Å². The van der Waals surface area contributed by atoms with Crippen molar-refractivity contribution in [1.29, 1.82) is 0 Å². The molecule has 2 nitrogen and oxygen atoms in total. The highest BCUT2D eigenvalue weighted by Gasteiger charge is 2.14. The predicted molar refractivity (Wildman–Crippen MR) is 76.1 cm³/mol. The third-order valence-corrected chi connectivity index (χ3v) is 4.34. The lowest BCUT2D eigenvalue weighted by Crippen LogP contribution is -2.32. The van der Waals surface area contributed by atoms with Crippen LogP contribution in [0, 0.1) is 11.8 Å². The zero-order valence-electron chi connectivity index (χ0n) is 12.1. The molecule has 1 saturated carbocycles. The molecule has 1 unspecified atom stereocenters. The van der Waals surface area contributed by atoms with Crippen molar-refractivity contribution in [2.75, 3.05) is 20.1 Å². The van der Waals surface area contributed by atoms with E-state index >= 15 is 0 Å². The average molecular weight is 240 g/mol. The van der Waals surface area contributed by atoms with Gasteiger partial charge in [0.1, 0.15) is 0 Å². The van der Waals surface area contributed by atoms with Gasteiger partial charge in [-0.15, -0.1) is 0 Å². The summed E-state index contributed by atoms with van der Waals surface area (Å²) in [5.41, 5.74) is 6.08. The molecule has 1 fully saturated rings. The molecule has 1 atom stereocenters. The molecule has 0 bridgehead atoms. The van der Waals surface area contributed by atoms with Gasteiger partial charge < -0.3 is 10.6 Å². The molecular formula is C15H32N2. The standard InChI is InChI=1S/C15H32N2/c1-13(2)15(16)10-12-17(3)11-9-14-7-5-4-6-8-14/h13-15H,4-12,16H2,1-3H3. The Morgan fingerprint density at radius 3 is 2.35 bits per heavy atom. The minimum atomic E-state index is 0.368. The van der Waals surface area contributed by atoms with Gasteiger partial charge in [0, 0.05) is 6.04 Å². The van der Waals surface area contributed by atoms with E-state index in [0.717, 1.165) is 18.9 Å². The second-order valence-corrected chi connectivity index (χ2v) is 6.29. The lowest BCUT2D eigenvalue weighted by atomic mass is 9.87. The van der Waals surface area contributed by atoms with Crippen molar-refractivity contribution < 1.29 is 0 Å². The fraction of sp³-hybridized carbons (Fsp3) is 1.00. The summed E-state index contributed by atoms with van der Waals surface area (Å²) in [6.07, 6.45) is 9.87. The van der Waals surface area contributed by atoms with Gasteiger partial charge in [-0.2, -0.15) is 0 Å². The van der Waals surface area contributed by atoms with Gasteiger partial charge in [0.25, 0.3) is 0 Å². The van der Waals surface area contributed by atoms with Crippen LogP contribution in [0.1, 0.15) is 58.8 Å². The van der Waals surface area contributed by atoms with Crippen LogP contribution in [-0.4, -0.2) is 31.1 Å². The second kappa shape index (κ2) is 8.10. The molecule has 1 aliphatic carbocycles. The van der Waals surface area contributed by atoms with Gasteiger partial charge in [0.15, 0.2) is 0 Å². The Balaban J connectivity index is 2.05. The average Bonchev–Trinajstić information content (AvgIpc) is 2.34. The first kappa shape index (κ1) is 15.0. The summed E-state index contributed by atoms with van der Waals surface area (Å²) in [6.45, 7) is 6.85. The Morgan fingerprint density at radius 2 is 1.76 bits per heavy atom. The van der Waals surface area contributed by atoms with Crippen LogP contribution in [0.25, 0.3) is 0 Å². The number of rotatable bonds is 7. The van der Waals surface area contributed by atoms with E-state index in [-0.39, 0.29) is 0 Å². The minimum Gasteiger partial charge on any atom is -0.327 e. The van der Waals surface area contributed by atoms with E-state index in [4.69, 9.17) is 5.73 Å². The van der Waals surface area contributed by atoms with Crippen molar-refractivity contribution in [2.45, 2.75) is 64.8 Å². The Morgan fingerprint density at radius 1 is 1.12 bits per heavy atom. The first-order chi connectivity index (χ1) is 8.09. The molecule has 0 spiro atoms. The van der Waals surface area contributed by atoms with Crippen molar-refractivity contribution in [3.8, 4) is 0 Å². The number of nitrogens with zero attached hydrogens (tertiary/aromatic N) is 1. The topological polar surface area (TPSA) is 29.3 Å². The lowest BCUT2D eigenvalue weighted by molar-refractivity contribution is 0.253. The summed E-state index contributed by atoms with van der Waals surface area (Å²) in [7, 11) is 2.25. The van der Waals surface area contributed by atoms with Crippen molar-refractivity contribution >= 4 is 0 Å². The van der Waals surface area contributed by atoms with E-state index in [1.165, 1.54) is 45.1 Å². The van der Waals surface area contributed by atoms with Crippen molar-refractivity contribution in [3.63, 3.8) is 0 Å². The highest BCUT2D eigenvalue weighted by atomic mass is 15.1. The number of hydrogen-bond donors (Lipinski definition) is 1. The zero-order chi connectivity index (χ0) is 12.7. The molecule has 2 N–H and O–H groups in total. The molecule has 0 saturated heterocycles. The van der Waals surface area contributed by atoms with Crippen molar-refractivity contribution in [2.24, 2.45) is 17.6 Å². The van der Waals surface area contributed by atoms with E-state index in [2.05, 4.69) is 25.8 Å². The summed E-state index contributed by atoms with van der Waals surface area (Å²) in [6, 6.07) is 0.368. The molecule has 0 radical (unpaired) electrons. The summed E-state index contributed by atoms with van der Waals surface area (Å²) in [5, 5.41) is 0. The second-order valence-electron chi connectivity index (χ2n) is 6.29. The van der Waals surface area contributed by atoms with Crippen LogP contribution in [0.5, 0.6) is 0 Å². The van der Waals surface area contributed by atoms with Crippen LogP contribution < -0.4 is 5.73 Å². The predicted octanol–water partition coefficient (Wildman–Crippen LogP) is 3.26. The van der Waals surface area contributed by atoms with Gasteiger partial charge in [-0.05, 0) is 44.8 Å². The van der Waals surface area contributed by atoms with Gasteiger partial charge in [0.05, 0.1) is 0 Å². The smallest absolute Gasteiger partial charge is 0.00740 e.